The molecule has 0 fully saturated rings. The second-order valence-corrected chi connectivity index (χ2v) is 9.45. The lowest BCUT2D eigenvalue weighted by Crippen LogP contribution is -2.07. The normalized spacial score (nSPS) is 11.3. The summed E-state index contributed by atoms with van der Waals surface area (Å²) in [6.45, 7) is 0. The van der Waals surface area contributed by atoms with Gasteiger partial charge in [-0.05, 0) is 48.5 Å². The summed E-state index contributed by atoms with van der Waals surface area (Å²) >= 11 is 5.87. The monoisotopic (exact) mass is 468 g/mol. The van der Waals surface area contributed by atoms with Crippen molar-refractivity contribution >= 4 is 32.3 Å². The van der Waals surface area contributed by atoms with Crippen molar-refractivity contribution in [3.05, 3.63) is 87.3 Å². The summed E-state index contributed by atoms with van der Waals surface area (Å²) in [5, 5.41) is 9.79. The van der Waals surface area contributed by atoms with Crippen LogP contribution in [0.2, 0.25) is 5.02 Å². The van der Waals surface area contributed by atoms with Crippen molar-refractivity contribution in [2.45, 2.75) is 4.90 Å². The van der Waals surface area contributed by atoms with E-state index in [0.29, 0.717) is 10.8 Å². The molecule has 32 heavy (non-hydrogen) atoms. The number of rotatable bonds is 4. The van der Waals surface area contributed by atoms with Crippen molar-refractivity contribution in [2.75, 3.05) is 6.26 Å². The lowest BCUT2D eigenvalue weighted by molar-refractivity contribution is 0.482. The number of nitrogens with one attached hydrogen (secondary N) is 1. The lowest BCUT2D eigenvalue weighted by Gasteiger charge is -2.12. The predicted octanol–water partition coefficient (Wildman–Crippen LogP) is 5.06. The van der Waals surface area contributed by atoms with Crippen LogP contribution < -0.4 is 10.2 Å². The molecule has 0 saturated heterocycles. The van der Waals surface area contributed by atoms with Crippen LogP contribution in [0, 0.1) is 17.1 Å². The molecule has 160 valence electrons. The lowest BCUT2D eigenvalue weighted by atomic mass is 10.1. The molecule has 0 amide bonds. The molecule has 0 aliphatic carbocycles. The quantitative estimate of drug-likeness (QED) is 0.451. The fourth-order valence-corrected chi connectivity index (χ4v) is 4.32. The largest absolute Gasteiger partial charge is 0.456 e. The van der Waals surface area contributed by atoms with Gasteiger partial charge in [0.15, 0.2) is 15.3 Å². The Morgan fingerprint density at radius 1 is 1.06 bits per heavy atom. The maximum atomic E-state index is 14.4. The second kappa shape index (κ2) is 8.11. The Labute approximate surface area is 187 Å². The van der Waals surface area contributed by atoms with E-state index in [4.69, 9.17) is 16.3 Å². The number of hydrogen-bond acceptors (Lipinski definition) is 5. The molecule has 4 rings (SSSR count). The molecular weight excluding hydrogens is 455 g/mol. The Hall–Kier alpha value is -3.67. The van der Waals surface area contributed by atoms with Crippen LogP contribution in [0.3, 0.4) is 0 Å². The van der Waals surface area contributed by atoms with E-state index in [1.165, 1.54) is 24.3 Å². The van der Waals surface area contributed by atoms with Crippen LogP contribution in [0.25, 0.3) is 22.2 Å². The summed E-state index contributed by atoms with van der Waals surface area (Å²) in [6, 6.07) is 15.7. The standard InChI is InChI=1S/C23H14ClFN2O4S/c1-32(29,30)22-7-2-13(12-26)8-17(22)18-11-20(28)23-19(27-18)9-15(25)10-21(23)31-16-5-3-14(24)4-6-16/h2-11H,1H3,(H,27,28). The molecule has 6 nitrogen and oxygen atoms in total. The van der Waals surface area contributed by atoms with E-state index < -0.39 is 21.1 Å². The van der Waals surface area contributed by atoms with Gasteiger partial charge in [0.2, 0.25) is 0 Å². The summed E-state index contributed by atoms with van der Waals surface area (Å²) in [6.07, 6.45) is 1.02. The summed E-state index contributed by atoms with van der Waals surface area (Å²) in [5.41, 5.74) is 0.0650. The third-order valence-corrected chi connectivity index (χ3v) is 6.10. The maximum absolute atomic E-state index is 14.4. The van der Waals surface area contributed by atoms with Crippen LogP contribution in [0.5, 0.6) is 11.5 Å². The third kappa shape index (κ3) is 4.21. The molecule has 0 atom stereocenters. The zero-order valence-corrected chi connectivity index (χ0v) is 18.1. The predicted molar refractivity (Wildman–Crippen MR) is 119 cm³/mol. The van der Waals surface area contributed by atoms with Crippen molar-refractivity contribution in [2.24, 2.45) is 0 Å². The summed E-state index contributed by atoms with van der Waals surface area (Å²) < 4.78 is 44.6. The number of nitrogens with zero attached hydrogens (tertiary/aromatic N) is 1. The first-order valence-electron chi connectivity index (χ1n) is 9.20. The topological polar surface area (TPSA) is 100 Å². The van der Waals surface area contributed by atoms with Crippen LogP contribution in [0.15, 0.2) is 70.4 Å². The third-order valence-electron chi connectivity index (χ3n) is 4.70. The van der Waals surface area contributed by atoms with E-state index in [2.05, 4.69) is 4.98 Å². The minimum Gasteiger partial charge on any atom is -0.456 e. The first-order chi connectivity index (χ1) is 15.2. The van der Waals surface area contributed by atoms with Gasteiger partial charge in [0.1, 0.15) is 17.3 Å². The zero-order chi connectivity index (χ0) is 23.0. The van der Waals surface area contributed by atoms with Crippen LogP contribution >= 0.6 is 11.6 Å². The van der Waals surface area contributed by atoms with Crippen molar-refractivity contribution in [1.82, 2.24) is 4.98 Å². The number of benzene rings is 3. The number of nitriles is 1. The summed E-state index contributed by atoms with van der Waals surface area (Å²) in [4.78, 5) is 15.8. The molecule has 0 radical (unpaired) electrons. The first-order valence-corrected chi connectivity index (χ1v) is 11.5. The molecule has 0 bridgehead atoms. The Morgan fingerprint density at radius 3 is 2.44 bits per heavy atom. The van der Waals surface area contributed by atoms with E-state index >= 15 is 0 Å². The molecule has 0 saturated carbocycles. The van der Waals surface area contributed by atoms with Crippen molar-refractivity contribution < 1.29 is 17.5 Å². The van der Waals surface area contributed by atoms with Crippen LogP contribution in [-0.2, 0) is 9.84 Å². The number of halogens is 2. The van der Waals surface area contributed by atoms with Gasteiger partial charge in [0.25, 0.3) is 0 Å². The molecular formula is C23H14ClFN2O4S. The van der Waals surface area contributed by atoms with E-state index in [9.17, 15) is 22.9 Å². The average molecular weight is 469 g/mol. The van der Waals surface area contributed by atoms with Crippen LogP contribution in [0.4, 0.5) is 4.39 Å². The minimum absolute atomic E-state index is 0.00997. The van der Waals surface area contributed by atoms with Gasteiger partial charge in [0.05, 0.1) is 33.1 Å². The number of H-pyrrole nitrogens is 1. The van der Waals surface area contributed by atoms with Crippen molar-refractivity contribution in [3.8, 4) is 28.8 Å². The highest BCUT2D eigenvalue weighted by Gasteiger charge is 2.19. The molecule has 9 heteroatoms. The number of pyridine rings is 1. The molecule has 1 aromatic heterocycles. The molecule has 0 aliphatic heterocycles. The van der Waals surface area contributed by atoms with Gasteiger partial charge in [-0.25, -0.2) is 12.8 Å². The molecule has 1 N–H and O–H groups in total. The zero-order valence-electron chi connectivity index (χ0n) is 16.5. The summed E-state index contributed by atoms with van der Waals surface area (Å²) in [5.74, 6) is -0.321. The SMILES string of the molecule is CS(=O)(=O)c1ccc(C#N)cc1-c1cc(=O)c2c(Oc3ccc(Cl)cc3)cc(F)cc2[nH]1. The second-order valence-electron chi connectivity index (χ2n) is 7.02. The Bertz CT molecular complexity index is 1570. The van der Waals surface area contributed by atoms with E-state index in [1.807, 2.05) is 6.07 Å². The average Bonchev–Trinajstić information content (AvgIpc) is 2.73. The number of fused-ring (bicyclic) bond motifs is 1. The van der Waals surface area contributed by atoms with Gasteiger partial charge >= 0.3 is 0 Å². The van der Waals surface area contributed by atoms with Gasteiger partial charge in [-0.15, -0.1) is 0 Å². The molecule has 1 heterocycles. The fraction of sp³-hybridized carbons (Fsp3) is 0.0435. The van der Waals surface area contributed by atoms with E-state index in [1.54, 1.807) is 24.3 Å². The van der Waals surface area contributed by atoms with Crippen molar-refractivity contribution in [3.63, 3.8) is 0 Å². The first kappa shape index (κ1) is 21.6. The molecule has 4 aromatic rings. The number of sulfone groups is 1. The Balaban J connectivity index is 1.94. The highest BCUT2D eigenvalue weighted by atomic mass is 35.5. The van der Waals surface area contributed by atoms with Gasteiger partial charge in [-0.2, -0.15) is 5.26 Å². The van der Waals surface area contributed by atoms with Gasteiger partial charge < -0.3 is 9.72 Å². The smallest absolute Gasteiger partial charge is 0.193 e. The maximum Gasteiger partial charge on any atom is 0.193 e. The van der Waals surface area contributed by atoms with Crippen molar-refractivity contribution in [1.29, 1.82) is 5.26 Å². The molecule has 0 unspecified atom stereocenters. The number of aromatic nitrogens is 1. The highest BCUT2D eigenvalue weighted by molar-refractivity contribution is 7.90. The van der Waals surface area contributed by atoms with Gasteiger partial charge in [-0.1, -0.05) is 11.6 Å². The number of aromatic amines is 1. The molecule has 0 aliphatic rings. The highest BCUT2D eigenvalue weighted by Crippen LogP contribution is 2.32. The van der Waals surface area contributed by atoms with Gasteiger partial charge in [0, 0.05) is 29.0 Å². The molecule has 0 spiro atoms. The molecule has 3 aromatic carbocycles. The number of ether oxygens (including phenoxy) is 1. The summed E-state index contributed by atoms with van der Waals surface area (Å²) in [7, 11) is -3.67. The van der Waals surface area contributed by atoms with Gasteiger partial charge in [-0.3, -0.25) is 4.79 Å². The van der Waals surface area contributed by atoms with E-state index in [0.717, 1.165) is 18.4 Å². The Morgan fingerprint density at radius 2 is 1.78 bits per heavy atom. The number of hydrogen-bond donors (Lipinski definition) is 1. The van der Waals surface area contributed by atoms with Crippen LogP contribution in [-0.4, -0.2) is 19.7 Å². The Kier molecular flexibility index (Phi) is 5.46. The fourth-order valence-electron chi connectivity index (χ4n) is 3.31. The van der Waals surface area contributed by atoms with Crippen LogP contribution in [0.1, 0.15) is 5.56 Å². The van der Waals surface area contributed by atoms with E-state index in [-0.39, 0.29) is 38.4 Å². The minimum atomic E-state index is -3.67.